The van der Waals surface area contributed by atoms with Crippen molar-refractivity contribution in [1.29, 1.82) is 0 Å². The normalized spacial score (nSPS) is 11.5. The van der Waals surface area contributed by atoms with Gasteiger partial charge in [0.2, 0.25) is 10.0 Å². The van der Waals surface area contributed by atoms with E-state index in [9.17, 15) is 8.42 Å². The molecule has 0 bridgehead atoms. The standard InChI is InChI=1S/C15H18N2O3S/c16-20-11-10-13-6-8-15(9-7-13)21(18,19)17-12-14-4-2-1-3-5-14/h1-9,17H,10-12,16H2. The smallest absolute Gasteiger partial charge is 0.240 e. The maximum Gasteiger partial charge on any atom is 0.240 e. The summed E-state index contributed by atoms with van der Waals surface area (Å²) in [7, 11) is -3.50. The molecule has 21 heavy (non-hydrogen) atoms. The van der Waals surface area contributed by atoms with Crippen LogP contribution in [-0.2, 0) is 27.8 Å². The number of hydrogen-bond acceptors (Lipinski definition) is 4. The van der Waals surface area contributed by atoms with E-state index in [4.69, 9.17) is 5.90 Å². The summed E-state index contributed by atoms with van der Waals surface area (Å²) in [6, 6.07) is 16.1. The molecule has 3 N–H and O–H groups in total. The quantitative estimate of drug-likeness (QED) is 0.761. The van der Waals surface area contributed by atoms with Gasteiger partial charge in [0.05, 0.1) is 11.5 Å². The number of benzene rings is 2. The second-order valence-corrected chi connectivity index (χ2v) is 6.34. The van der Waals surface area contributed by atoms with Crippen molar-refractivity contribution in [3.63, 3.8) is 0 Å². The Morgan fingerprint density at radius 2 is 1.62 bits per heavy atom. The Morgan fingerprint density at radius 3 is 2.24 bits per heavy atom. The molecule has 6 heteroatoms. The van der Waals surface area contributed by atoms with Gasteiger partial charge < -0.3 is 4.84 Å². The molecule has 0 atom stereocenters. The topological polar surface area (TPSA) is 81.4 Å². The molecule has 112 valence electrons. The van der Waals surface area contributed by atoms with Crippen LogP contribution in [0.3, 0.4) is 0 Å². The molecular weight excluding hydrogens is 288 g/mol. The van der Waals surface area contributed by atoms with Crippen molar-refractivity contribution in [2.75, 3.05) is 6.61 Å². The van der Waals surface area contributed by atoms with E-state index >= 15 is 0 Å². The summed E-state index contributed by atoms with van der Waals surface area (Å²) in [5.41, 5.74) is 1.89. The van der Waals surface area contributed by atoms with Gasteiger partial charge in [-0.15, -0.1) is 0 Å². The Morgan fingerprint density at radius 1 is 0.952 bits per heavy atom. The van der Waals surface area contributed by atoms with Gasteiger partial charge in [0.1, 0.15) is 0 Å². The lowest BCUT2D eigenvalue weighted by Crippen LogP contribution is -2.23. The van der Waals surface area contributed by atoms with Crippen molar-refractivity contribution in [1.82, 2.24) is 4.72 Å². The van der Waals surface area contributed by atoms with Crippen LogP contribution in [0.25, 0.3) is 0 Å². The van der Waals surface area contributed by atoms with Gasteiger partial charge in [0.25, 0.3) is 0 Å². The maximum atomic E-state index is 12.2. The van der Waals surface area contributed by atoms with Crippen LogP contribution in [0.4, 0.5) is 0 Å². The van der Waals surface area contributed by atoms with Gasteiger partial charge in [-0.25, -0.2) is 19.0 Å². The van der Waals surface area contributed by atoms with Gasteiger partial charge in [0, 0.05) is 6.54 Å². The average Bonchev–Trinajstić information content (AvgIpc) is 2.52. The van der Waals surface area contributed by atoms with Crippen molar-refractivity contribution in [3.8, 4) is 0 Å². The molecule has 0 saturated carbocycles. The van der Waals surface area contributed by atoms with E-state index in [0.29, 0.717) is 13.0 Å². The molecule has 0 spiro atoms. The fourth-order valence-electron chi connectivity index (χ4n) is 1.87. The van der Waals surface area contributed by atoms with Crippen molar-refractivity contribution in [2.45, 2.75) is 17.9 Å². The third-order valence-electron chi connectivity index (χ3n) is 3.05. The Labute approximate surface area is 124 Å². The molecule has 0 radical (unpaired) electrons. The summed E-state index contributed by atoms with van der Waals surface area (Å²) >= 11 is 0. The highest BCUT2D eigenvalue weighted by atomic mass is 32.2. The SMILES string of the molecule is NOCCc1ccc(S(=O)(=O)NCc2ccccc2)cc1. The molecule has 0 heterocycles. The van der Waals surface area contributed by atoms with Crippen LogP contribution in [-0.4, -0.2) is 15.0 Å². The van der Waals surface area contributed by atoms with E-state index in [2.05, 4.69) is 9.56 Å². The highest BCUT2D eigenvalue weighted by Crippen LogP contribution is 2.12. The summed E-state index contributed by atoms with van der Waals surface area (Å²) in [6.07, 6.45) is 0.647. The van der Waals surface area contributed by atoms with Crippen LogP contribution in [0.1, 0.15) is 11.1 Å². The molecule has 0 unspecified atom stereocenters. The predicted molar refractivity (Wildman–Crippen MR) is 80.8 cm³/mol. The van der Waals surface area contributed by atoms with Crippen LogP contribution in [0, 0.1) is 0 Å². The minimum absolute atomic E-state index is 0.246. The van der Waals surface area contributed by atoms with Gasteiger partial charge in [-0.1, -0.05) is 42.5 Å². The van der Waals surface area contributed by atoms with E-state index in [1.165, 1.54) is 0 Å². The molecule has 2 aromatic rings. The molecule has 0 fully saturated rings. The molecule has 5 nitrogen and oxygen atoms in total. The van der Waals surface area contributed by atoms with E-state index in [-0.39, 0.29) is 11.4 Å². The number of nitrogens with two attached hydrogens (primary N) is 1. The molecule has 0 aromatic heterocycles. The summed E-state index contributed by atoms with van der Waals surface area (Å²) in [5, 5.41) is 0. The highest BCUT2D eigenvalue weighted by Gasteiger charge is 2.13. The molecule has 0 aliphatic carbocycles. The Bertz CT molecular complexity index is 655. The van der Waals surface area contributed by atoms with Crippen LogP contribution in [0.2, 0.25) is 0 Å². The summed E-state index contributed by atoms with van der Waals surface area (Å²) < 4.78 is 26.9. The molecule has 0 amide bonds. The van der Waals surface area contributed by atoms with Gasteiger partial charge in [-0.2, -0.15) is 0 Å². The zero-order chi connectivity index (χ0) is 15.1. The lowest BCUT2D eigenvalue weighted by atomic mass is 10.2. The van der Waals surface area contributed by atoms with Crippen LogP contribution < -0.4 is 10.6 Å². The van der Waals surface area contributed by atoms with Gasteiger partial charge in [-0.3, -0.25) is 0 Å². The summed E-state index contributed by atoms with van der Waals surface area (Å²) in [4.78, 5) is 4.75. The second kappa shape index (κ2) is 7.33. The molecular formula is C15H18N2O3S. The summed E-state index contributed by atoms with van der Waals surface area (Å²) in [6.45, 7) is 0.671. The van der Waals surface area contributed by atoms with E-state index < -0.39 is 10.0 Å². The molecule has 2 rings (SSSR count). The highest BCUT2D eigenvalue weighted by molar-refractivity contribution is 7.89. The largest absolute Gasteiger partial charge is 0.304 e. The maximum absolute atomic E-state index is 12.2. The fourth-order valence-corrected chi connectivity index (χ4v) is 2.89. The second-order valence-electron chi connectivity index (χ2n) is 4.57. The number of rotatable bonds is 7. The number of sulfonamides is 1. The minimum Gasteiger partial charge on any atom is -0.304 e. The first-order valence-corrected chi connectivity index (χ1v) is 8.04. The molecule has 0 aliphatic rings. The first-order valence-electron chi connectivity index (χ1n) is 6.56. The zero-order valence-electron chi connectivity index (χ0n) is 11.5. The lowest BCUT2D eigenvalue weighted by molar-refractivity contribution is 0.141. The predicted octanol–water partition coefficient (Wildman–Crippen LogP) is 1.60. The van der Waals surface area contributed by atoms with E-state index in [0.717, 1.165) is 11.1 Å². The Balaban J connectivity index is 2.02. The van der Waals surface area contributed by atoms with Crippen molar-refractivity contribution in [2.24, 2.45) is 5.90 Å². The third-order valence-corrected chi connectivity index (χ3v) is 4.47. The van der Waals surface area contributed by atoms with Crippen LogP contribution >= 0.6 is 0 Å². The van der Waals surface area contributed by atoms with E-state index in [1.54, 1.807) is 24.3 Å². The molecule has 2 aromatic carbocycles. The Kier molecular flexibility index (Phi) is 5.46. The minimum atomic E-state index is -3.50. The average molecular weight is 306 g/mol. The number of nitrogens with one attached hydrogen (secondary N) is 1. The molecule has 0 saturated heterocycles. The van der Waals surface area contributed by atoms with Gasteiger partial charge in [-0.05, 0) is 29.7 Å². The number of hydrogen-bond donors (Lipinski definition) is 2. The lowest BCUT2D eigenvalue weighted by Gasteiger charge is -2.08. The first-order chi connectivity index (χ1) is 10.1. The third kappa shape index (κ3) is 4.64. The van der Waals surface area contributed by atoms with Crippen LogP contribution in [0.5, 0.6) is 0 Å². The molecule has 0 aliphatic heterocycles. The van der Waals surface area contributed by atoms with Crippen molar-refractivity contribution in [3.05, 3.63) is 65.7 Å². The van der Waals surface area contributed by atoms with Crippen molar-refractivity contribution >= 4 is 10.0 Å². The Hall–Kier alpha value is -1.73. The van der Waals surface area contributed by atoms with E-state index in [1.807, 2.05) is 30.3 Å². The fraction of sp³-hybridized carbons (Fsp3) is 0.200. The monoisotopic (exact) mass is 306 g/mol. The van der Waals surface area contributed by atoms with Crippen LogP contribution in [0.15, 0.2) is 59.5 Å². The zero-order valence-corrected chi connectivity index (χ0v) is 12.3. The summed E-state index contributed by atoms with van der Waals surface area (Å²) in [5.74, 6) is 4.96. The van der Waals surface area contributed by atoms with Gasteiger partial charge >= 0.3 is 0 Å². The van der Waals surface area contributed by atoms with Gasteiger partial charge in [0.15, 0.2) is 0 Å². The first kappa shape index (κ1) is 15.7. The van der Waals surface area contributed by atoms with Crippen molar-refractivity contribution < 1.29 is 13.3 Å².